The predicted octanol–water partition coefficient (Wildman–Crippen LogP) is 4.73. The Labute approximate surface area is 200 Å². The maximum absolute atomic E-state index is 13.4. The van der Waals surface area contributed by atoms with E-state index in [2.05, 4.69) is 10.2 Å². The van der Waals surface area contributed by atoms with Crippen LogP contribution in [0.5, 0.6) is 11.5 Å². The summed E-state index contributed by atoms with van der Waals surface area (Å²) in [6.45, 7) is 3.42. The number of benzene rings is 2. The number of aryl methyl sites for hydroxylation is 1. The molecular weight excluding hydrogens is 456 g/mol. The van der Waals surface area contributed by atoms with Crippen LogP contribution >= 0.6 is 23.1 Å². The number of thiophene rings is 1. The zero-order valence-electron chi connectivity index (χ0n) is 18.0. The summed E-state index contributed by atoms with van der Waals surface area (Å²) in [5.74, 6) is 2.35. The van der Waals surface area contributed by atoms with Gasteiger partial charge in [-0.05, 0) is 42.6 Å². The number of hydrogen-bond donors (Lipinski definition) is 0. The fourth-order valence-electron chi connectivity index (χ4n) is 3.60. The van der Waals surface area contributed by atoms with E-state index in [0.717, 1.165) is 22.1 Å². The third kappa shape index (κ3) is 4.74. The summed E-state index contributed by atoms with van der Waals surface area (Å²) in [4.78, 5) is 16.3. The highest BCUT2D eigenvalue weighted by Crippen LogP contribution is 2.35. The number of ether oxygens (including phenoxy) is 2. The monoisotopic (exact) mass is 478 g/mol. The fourth-order valence-corrected chi connectivity index (χ4v) is 5.16. The highest BCUT2D eigenvalue weighted by atomic mass is 32.2. The first-order valence-electron chi connectivity index (χ1n) is 10.5. The lowest BCUT2D eigenvalue weighted by Gasteiger charge is -2.25. The van der Waals surface area contributed by atoms with Gasteiger partial charge in [0.15, 0.2) is 16.7 Å². The van der Waals surface area contributed by atoms with E-state index in [4.69, 9.17) is 9.47 Å². The number of aromatic nitrogens is 3. The van der Waals surface area contributed by atoms with Gasteiger partial charge in [-0.1, -0.05) is 36.0 Å². The minimum atomic E-state index is -0.0228. The first kappa shape index (κ1) is 21.5. The van der Waals surface area contributed by atoms with E-state index in [1.54, 1.807) is 16.2 Å². The second-order valence-corrected chi connectivity index (χ2v) is 9.35. The molecule has 2 aromatic carbocycles. The van der Waals surface area contributed by atoms with Crippen LogP contribution in [0, 0.1) is 6.92 Å². The Bertz CT molecular complexity index is 1240. The number of hydrogen-bond acceptors (Lipinski definition) is 7. The second kappa shape index (κ2) is 9.68. The molecule has 0 fully saturated rings. The molecule has 0 N–H and O–H groups in total. The van der Waals surface area contributed by atoms with Crippen LogP contribution in [0.25, 0.3) is 5.69 Å². The van der Waals surface area contributed by atoms with Gasteiger partial charge in [-0.25, -0.2) is 0 Å². The summed E-state index contributed by atoms with van der Waals surface area (Å²) < 4.78 is 13.3. The average Bonchev–Trinajstić information content (AvgIpc) is 3.50. The number of carbonyl (C=O) groups excluding carboxylic acids is 1. The van der Waals surface area contributed by atoms with Crippen LogP contribution in [0.15, 0.2) is 71.2 Å². The fraction of sp³-hybridized carbons (Fsp3) is 0.208. The molecular formula is C24H22N4O3S2. The molecule has 9 heteroatoms. The van der Waals surface area contributed by atoms with Crippen molar-refractivity contribution in [2.75, 3.05) is 23.9 Å². The van der Waals surface area contributed by atoms with Crippen LogP contribution in [0.3, 0.4) is 0 Å². The Morgan fingerprint density at radius 1 is 1.06 bits per heavy atom. The number of rotatable bonds is 7. The Kier molecular flexibility index (Phi) is 6.32. The minimum Gasteiger partial charge on any atom is -0.486 e. The van der Waals surface area contributed by atoms with Gasteiger partial charge in [0, 0.05) is 22.3 Å². The Hall–Kier alpha value is -3.30. The van der Waals surface area contributed by atoms with E-state index in [0.29, 0.717) is 36.4 Å². The van der Waals surface area contributed by atoms with Gasteiger partial charge < -0.3 is 14.4 Å². The molecule has 168 valence electrons. The molecule has 5 rings (SSSR count). The van der Waals surface area contributed by atoms with Gasteiger partial charge in [-0.2, -0.15) is 0 Å². The van der Waals surface area contributed by atoms with Crippen LogP contribution in [0.1, 0.15) is 10.7 Å². The van der Waals surface area contributed by atoms with Gasteiger partial charge in [0.1, 0.15) is 19.0 Å². The Balaban J connectivity index is 1.38. The van der Waals surface area contributed by atoms with Crippen molar-refractivity contribution in [3.8, 4) is 17.2 Å². The third-order valence-electron chi connectivity index (χ3n) is 5.17. The molecule has 1 aliphatic heterocycles. The van der Waals surface area contributed by atoms with Gasteiger partial charge in [0.2, 0.25) is 5.91 Å². The summed E-state index contributed by atoms with van der Waals surface area (Å²) in [6.07, 6.45) is 0. The van der Waals surface area contributed by atoms with Gasteiger partial charge in [-0.3, -0.25) is 9.36 Å². The summed E-state index contributed by atoms with van der Waals surface area (Å²) >= 11 is 3.01. The number of thioether (sulfide) groups is 1. The van der Waals surface area contributed by atoms with Crippen molar-refractivity contribution in [2.24, 2.45) is 0 Å². The molecule has 4 aromatic rings. The summed E-state index contributed by atoms with van der Waals surface area (Å²) in [5.41, 5.74) is 1.75. The smallest absolute Gasteiger partial charge is 0.237 e. The molecule has 0 saturated heterocycles. The molecule has 0 bridgehead atoms. The molecule has 1 amide bonds. The van der Waals surface area contributed by atoms with Crippen molar-refractivity contribution >= 4 is 34.7 Å². The maximum atomic E-state index is 13.4. The SMILES string of the molecule is Cc1nnc(SCC(=O)N(Cc2cccs2)c2ccc3c(c2)OCCO3)n1-c1ccccc1. The van der Waals surface area contributed by atoms with Gasteiger partial charge in [0.25, 0.3) is 0 Å². The predicted molar refractivity (Wildman–Crippen MR) is 130 cm³/mol. The number of nitrogens with zero attached hydrogens (tertiary/aromatic N) is 4. The van der Waals surface area contributed by atoms with Gasteiger partial charge >= 0.3 is 0 Å². The minimum absolute atomic E-state index is 0.0228. The number of fused-ring (bicyclic) bond motifs is 1. The van der Waals surface area contributed by atoms with Crippen LogP contribution in [0.2, 0.25) is 0 Å². The summed E-state index contributed by atoms with van der Waals surface area (Å²) in [6, 6.07) is 19.6. The molecule has 0 radical (unpaired) electrons. The maximum Gasteiger partial charge on any atom is 0.237 e. The van der Waals surface area contributed by atoms with Crippen LogP contribution in [0.4, 0.5) is 5.69 Å². The molecule has 3 heterocycles. The summed E-state index contributed by atoms with van der Waals surface area (Å²) in [7, 11) is 0. The van der Waals surface area contributed by atoms with Gasteiger partial charge in [0.05, 0.1) is 12.3 Å². The molecule has 0 aliphatic carbocycles. The number of carbonyl (C=O) groups is 1. The lowest BCUT2D eigenvalue weighted by atomic mass is 10.2. The van der Waals surface area contributed by atoms with Crippen molar-refractivity contribution in [3.05, 3.63) is 76.7 Å². The van der Waals surface area contributed by atoms with E-state index in [-0.39, 0.29) is 11.7 Å². The van der Waals surface area contributed by atoms with Crippen LogP contribution < -0.4 is 14.4 Å². The van der Waals surface area contributed by atoms with Crippen molar-refractivity contribution in [1.82, 2.24) is 14.8 Å². The zero-order valence-corrected chi connectivity index (χ0v) is 19.6. The molecule has 1 aliphatic rings. The second-order valence-electron chi connectivity index (χ2n) is 7.38. The van der Waals surface area contributed by atoms with E-state index in [9.17, 15) is 4.79 Å². The van der Waals surface area contributed by atoms with Crippen LogP contribution in [-0.2, 0) is 11.3 Å². The lowest BCUT2D eigenvalue weighted by molar-refractivity contribution is -0.116. The number of amides is 1. The highest BCUT2D eigenvalue weighted by molar-refractivity contribution is 7.99. The Morgan fingerprint density at radius 3 is 2.67 bits per heavy atom. The van der Waals surface area contributed by atoms with Crippen molar-refractivity contribution < 1.29 is 14.3 Å². The highest BCUT2D eigenvalue weighted by Gasteiger charge is 2.22. The number of anilines is 1. The average molecular weight is 479 g/mol. The number of para-hydroxylation sites is 1. The van der Waals surface area contributed by atoms with E-state index in [1.807, 2.05) is 77.5 Å². The van der Waals surface area contributed by atoms with Gasteiger partial charge in [-0.15, -0.1) is 21.5 Å². The van der Waals surface area contributed by atoms with Crippen molar-refractivity contribution in [1.29, 1.82) is 0 Å². The molecule has 0 saturated carbocycles. The summed E-state index contributed by atoms with van der Waals surface area (Å²) in [5, 5.41) is 11.2. The molecule has 0 atom stereocenters. The molecule has 33 heavy (non-hydrogen) atoms. The normalized spacial score (nSPS) is 12.5. The first-order valence-corrected chi connectivity index (χ1v) is 12.4. The van der Waals surface area contributed by atoms with E-state index in [1.165, 1.54) is 11.8 Å². The molecule has 7 nitrogen and oxygen atoms in total. The standard InChI is InChI=1S/C24H22N4O3S2/c1-17-25-26-24(28(17)18-6-3-2-4-7-18)33-16-23(29)27(15-20-8-5-13-32-20)19-9-10-21-22(14-19)31-12-11-30-21/h2-10,13-14H,11-12,15-16H2,1H3. The third-order valence-corrected chi connectivity index (χ3v) is 6.94. The quantitative estimate of drug-likeness (QED) is 0.358. The van der Waals surface area contributed by atoms with Crippen molar-refractivity contribution in [3.63, 3.8) is 0 Å². The van der Waals surface area contributed by atoms with Crippen LogP contribution in [-0.4, -0.2) is 39.6 Å². The van der Waals surface area contributed by atoms with E-state index >= 15 is 0 Å². The van der Waals surface area contributed by atoms with Crippen molar-refractivity contribution in [2.45, 2.75) is 18.6 Å². The zero-order chi connectivity index (χ0) is 22.6. The lowest BCUT2D eigenvalue weighted by Crippen LogP contribution is -2.32. The molecule has 0 unspecified atom stereocenters. The Morgan fingerprint density at radius 2 is 1.88 bits per heavy atom. The topological polar surface area (TPSA) is 69.5 Å². The van der Waals surface area contributed by atoms with E-state index < -0.39 is 0 Å². The largest absolute Gasteiger partial charge is 0.486 e. The molecule has 0 spiro atoms. The first-order chi connectivity index (χ1) is 16.2. The molecule has 2 aromatic heterocycles.